The molecular weight excluding hydrogens is 223 g/mol. The van der Waals surface area contributed by atoms with E-state index in [0.717, 1.165) is 34.9 Å². The van der Waals surface area contributed by atoms with Crippen molar-refractivity contribution in [2.75, 3.05) is 28.4 Å². The minimum atomic E-state index is 0. The summed E-state index contributed by atoms with van der Waals surface area (Å²) in [7, 11) is 3.00. The first-order valence-corrected chi connectivity index (χ1v) is 3.35. The third-order valence-electron chi connectivity index (χ3n) is 0.586. The molecule has 0 N–H and O–H groups in total. The standard InChI is InChI=1S/C5H5.4CH3O.V/c1-2-4-5-3-1;4*1-2;/h1-3H,4H2;4*1H3;/q5*-1;+4. The van der Waals surface area contributed by atoms with Gasteiger partial charge in [-0.3, -0.25) is 6.08 Å². The molecular formula is C9H17O4V-. The molecule has 1 radical (unpaired) electrons. The van der Waals surface area contributed by atoms with Crippen molar-refractivity contribution in [1.29, 1.82) is 0 Å². The third-order valence-corrected chi connectivity index (χ3v) is 0.586. The molecule has 0 bridgehead atoms. The molecule has 0 heterocycles. The molecule has 0 aliphatic heterocycles. The topological polar surface area (TPSA) is 92.2 Å². The largest absolute Gasteiger partial charge is 4.00 e. The van der Waals surface area contributed by atoms with Gasteiger partial charge in [-0.05, 0) is 0 Å². The van der Waals surface area contributed by atoms with Crippen LogP contribution in [0.25, 0.3) is 0 Å². The van der Waals surface area contributed by atoms with Crippen molar-refractivity contribution in [1.82, 2.24) is 0 Å². The van der Waals surface area contributed by atoms with Crippen LogP contribution in [0.1, 0.15) is 6.42 Å². The average Bonchev–Trinajstić information content (AvgIpc) is 2.87. The van der Waals surface area contributed by atoms with Crippen LogP contribution < -0.4 is 20.4 Å². The van der Waals surface area contributed by atoms with Crippen LogP contribution in [-0.2, 0) is 18.6 Å². The fraction of sp³-hybridized carbons (Fsp3) is 0.556. The second kappa shape index (κ2) is 76.0. The van der Waals surface area contributed by atoms with Crippen LogP contribution in [0.15, 0.2) is 18.2 Å². The Labute approximate surface area is 98.5 Å². The van der Waals surface area contributed by atoms with Crippen LogP contribution in [0.5, 0.6) is 0 Å². The minimum absolute atomic E-state index is 0. The average molecular weight is 240 g/mol. The normalized spacial score (nSPS) is 8.00. The van der Waals surface area contributed by atoms with Gasteiger partial charge >= 0.3 is 18.6 Å². The molecule has 1 aliphatic carbocycles. The van der Waals surface area contributed by atoms with Gasteiger partial charge in [0, 0.05) is 0 Å². The summed E-state index contributed by atoms with van der Waals surface area (Å²) >= 11 is 0. The Morgan fingerprint density at radius 3 is 1.29 bits per heavy atom. The van der Waals surface area contributed by atoms with Gasteiger partial charge in [0.15, 0.2) is 0 Å². The van der Waals surface area contributed by atoms with Crippen LogP contribution >= 0.6 is 0 Å². The molecule has 0 aromatic heterocycles. The molecule has 0 aromatic rings. The van der Waals surface area contributed by atoms with E-state index < -0.39 is 0 Å². The molecule has 4 nitrogen and oxygen atoms in total. The second-order valence-electron chi connectivity index (χ2n) is 1.00. The van der Waals surface area contributed by atoms with E-state index in [4.69, 9.17) is 20.4 Å². The smallest absolute Gasteiger partial charge is 0.857 e. The molecule has 0 spiro atoms. The van der Waals surface area contributed by atoms with Gasteiger partial charge in [-0.25, -0.2) is 12.2 Å². The molecule has 0 saturated carbocycles. The molecule has 0 atom stereocenters. The number of rotatable bonds is 0. The van der Waals surface area contributed by atoms with Crippen LogP contribution in [0.4, 0.5) is 0 Å². The number of allylic oxidation sites excluding steroid dienone is 4. The molecule has 14 heavy (non-hydrogen) atoms. The van der Waals surface area contributed by atoms with E-state index in [1.54, 1.807) is 0 Å². The van der Waals surface area contributed by atoms with E-state index in [-0.39, 0.29) is 18.6 Å². The Hall–Kier alpha value is -0.0956. The number of hydrogen-bond donors (Lipinski definition) is 0. The van der Waals surface area contributed by atoms with Crippen molar-refractivity contribution in [3.05, 3.63) is 24.3 Å². The van der Waals surface area contributed by atoms with Crippen molar-refractivity contribution < 1.29 is 39.0 Å². The summed E-state index contributed by atoms with van der Waals surface area (Å²) in [5.74, 6) is 0. The Balaban J connectivity index is -0.0000000267. The van der Waals surface area contributed by atoms with Crippen LogP contribution in [0.3, 0.4) is 0 Å². The van der Waals surface area contributed by atoms with E-state index in [2.05, 4.69) is 12.2 Å². The predicted octanol–water partition coefficient (Wildman–Crippen LogP) is -2.79. The summed E-state index contributed by atoms with van der Waals surface area (Å²) in [6.45, 7) is 0. The molecule has 0 amide bonds. The van der Waals surface area contributed by atoms with Crippen LogP contribution in [-0.4, -0.2) is 28.4 Å². The Kier molecular flexibility index (Phi) is 159. The first-order chi connectivity index (χ1) is 6.50. The summed E-state index contributed by atoms with van der Waals surface area (Å²) < 4.78 is 0. The summed E-state index contributed by atoms with van der Waals surface area (Å²) in [4.78, 5) is 0. The van der Waals surface area contributed by atoms with E-state index in [9.17, 15) is 0 Å². The SMILES string of the molecule is C[O-].C[O-].C[O-].C[O-].[C-]1=CC=CC1.[V+4]. The first-order valence-electron chi connectivity index (χ1n) is 3.35. The van der Waals surface area contributed by atoms with Crippen LogP contribution in [0, 0.1) is 6.08 Å². The fourth-order valence-electron chi connectivity index (χ4n) is 0.340. The Morgan fingerprint density at radius 1 is 0.857 bits per heavy atom. The van der Waals surface area contributed by atoms with Crippen molar-refractivity contribution in [3.63, 3.8) is 0 Å². The molecule has 0 fully saturated rings. The monoisotopic (exact) mass is 240 g/mol. The maximum Gasteiger partial charge on any atom is 4.00 e. The second-order valence-corrected chi connectivity index (χ2v) is 1.00. The third kappa shape index (κ3) is 58.8. The molecule has 1 rings (SSSR count). The van der Waals surface area contributed by atoms with Gasteiger partial charge < -0.3 is 20.4 Å². The molecule has 0 saturated heterocycles. The summed E-state index contributed by atoms with van der Waals surface area (Å²) in [6, 6.07) is 0. The first kappa shape index (κ1) is 29.2. The van der Waals surface area contributed by atoms with Gasteiger partial charge in [0.25, 0.3) is 0 Å². The Bertz CT molecular complexity index is 74.9. The summed E-state index contributed by atoms with van der Waals surface area (Å²) in [5, 5.41) is 33.0. The zero-order valence-electron chi connectivity index (χ0n) is 9.02. The zero-order valence-corrected chi connectivity index (χ0v) is 10.4. The molecule has 83 valence electrons. The molecule has 1 aliphatic rings. The molecule has 5 heteroatoms. The molecule has 0 unspecified atom stereocenters. The summed E-state index contributed by atoms with van der Waals surface area (Å²) in [5.41, 5.74) is 0. The van der Waals surface area contributed by atoms with Gasteiger partial charge in [-0.1, -0.05) is 0 Å². The van der Waals surface area contributed by atoms with Gasteiger partial charge in [0.2, 0.25) is 0 Å². The van der Waals surface area contributed by atoms with Gasteiger partial charge in [-0.2, -0.15) is 34.5 Å². The van der Waals surface area contributed by atoms with Crippen molar-refractivity contribution in [3.8, 4) is 0 Å². The zero-order chi connectivity index (χ0) is 11.5. The number of hydrogen-bond acceptors (Lipinski definition) is 4. The van der Waals surface area contributed by atoms with Gasteiger partial charge in [0.1, 0.15) is 0 Å². The minimum Gasteiger partial charge on any atom is -0.857 e. The van der Waals surface area contributed by atoms with Gasteiger partial charge in [0.05, 0.1) is 0 Å². The van der Waals surface area contributed by atoms with E-state index in [0.29, 0.717) is 0 Å². The summed E-state index contributed by atoms with van der Waals surface area (Å²) in [6.07, 6.45) is 10.0. The van der Waals surface area contributed by atoms with Crippen molar-refractivity contribution >= 4 is 0 Å². The maximum atomic E-state index is 8.25. The maximum absolute atomic E-state index is 8.25. The van der Waals surface area contributed by atoms with E-state index in [1.165, 1.54) is 0 Å². The quantitative estimate of drug-likeness (QED) is 0.428. The fourth-order valence-corrected chi connectivity index (χ4v) is 0.340. The van der Waals surface area contributed by atoms with E-state index in [1.807, 2.05) is 12.2 Å². The van der Waals surface area contributed by atoms with Crippen LogP contribution in [0.2, 0.25) is 0 Å². The van der Waals surface area contributed by atoms with Gasteiger partial charge in [-0.15, -0.1) is 6.42 Å². The Morgan fingerprint density at radius 2 is 1.21 bits per heavy atom. The molecule has 0 aromatic carbocycles. The predicted molar refractivity (Wildman–Crippen MR) is 45.3 cm³/mol. The van der Waals surface area contributed by atoms with Crippen molar-refractivity contribution in [2.45, 2.75) is 6.42 Å². The van der Waals surface area contributed by atoms with E-state index >= 15 is 0 Å². The van der Waals surface area contributed by atoms with Crippen molar-refractivity contribution in [2.24, 2.45) is 0 Å².